The molecule has 1 aromatic rings. The molecule has 0 radical (unpaired) electrons. The summed E-state index contributed by atoms with van der Waals surface area (Å²) in [7, 11) is 0. The Morgan fingerprint density at radius 1 is 1.31 bits per heavy atom. The molecule has 1 aromatic carbocycles. The van der Waals surface area contributed by atoms with Crippen LogP contribution in [0.15, 0.2) is 47.2 Å². The number of allylic oxidation sites excluding steroid dienone is 2. The summed E-state index contributed by atoms with van der Waals surface area (Å²) in [5, 5.41) is 3.97. The van der Waals surface area contributed by atoms with Gasteiger partial charge in [-0.15, -0.1) is 0 Å². The zero-order chi connectivity index (χ0) is 12.0. The fourth-order valence-electron chi connectivity index (χ4n) is 1.16. The fraction of sp³-hybridized carbons (Fsp3) is 0.167. The molecule has 0 saturated heterocycles. The standard InChI is InChI=1S/C12H15N3O/c1-9(8-10(2)16)14-15-12(13)11-6-4-3-5-7-11/h3-8,14H,1-2H3,(H2,13,15)/b9-8-. The molecule has 0 aliphatic heterocycles. The van der Waals surface area contributed by atoms with Crippen molar-refractivity contribution in [3.8, 4) is 0 Å². The van der Waals surface area contributed by atoms with E-state index in [4.69, 9.17) is 5.73 Å². The van der Waals surface area contributed by atoms with Gasteiger partial charge in [-0.3, -0.25) is 10.2 Å². The van der Waals surface area contributed by atoms with Crippen molar-refractivity contribution in [2.45, 2.75) is 13.8 Å². The Morgan fingerprint density at radius 2 is 1.94 bits per heavy atom. The van der Waals surface area contributed by atoms with Crippen molar-refractivity contribution in [1.29, 1.82) is 0 Å². The summed E-state index contributed by atoms with van der Waals surface area (Å²) in [5.41, 5.74) is 9.96. The minimum absolute atomic E-state index is 0.0292. The number of rotatable bonds is 4. The molecule has 1 rings (SSSR count). The van der Waals surface area contributed by atoms with E-state index in [1.807, 2.05) is 30.3 Å². The molecule has 0 atom stereocenters. The van der Waals surface area contributed by atoms with Gasteiger partial charge in [0.05, 0.1) is 0 Å². The molecule has 16 heavy (non-hydrogen) atoms. The third-order valence-electron chi connectivity index (χ3n) is 1.84. The average molecular weight is 217 g/mol. The van der Waals surface area contributed by atoms with Gasteiger partial charge in [-0.1, -0.05) is 30.3 Å². The molecule has 0 amide bonds. The molecule has 84 valence electrons. The van der Waals surface area contributed by atoms with Crippen molar-refractivity contribution in [3.05, 3.63) is 47.7 Å². The summed E-state index contributed by atoms with van der Waals surface area (Å²) < 4.78 is 0. The summed E-state index contributed by atoms with van der Waals surface area (Å²) in [6.07, 6.45) is 1.46. The molecule has 0 aliphatic carbocycles. The first-order chi connectivity index (χ1) is 7.59. The minimum atomic E-state index is -0.0292. The topological polar surface area (TPSA) is 67.5 Å². The van der Waals surface area contributed by atoms with Crippen molar-refractivity contribution in [3.63, 3.8) is 0 Å². The Labute approximate surface area is 94.8 Å². The van der Waals surface area contributed by atoms with E-state index in [-0.39, 0.29) is 5.78 Å². The maximum Gasteiger partial charge on any atom is 0.154 e. The molecule has 4 heteroatoms. The highest BCUT2D eigenvalue weighted by atomic mass is 16.1. The number of hydrogen-bond acceptors (Lipinski definition) is 3. The molecular weight excluding hydrogens is 202 g/mol. The highest BCUT2D eigenvalue weighted by Gasteiger charge is 1.96. The quantitative estimate of drug-likeness (QED) is 0.346. The van der Waals surface area contributed by atoms with Crippen molar-refractivity contribution in [1.82, 2.24) is 5.43 Å². The number of ketones is 1. The average Bonchev–Trinajstić information content (AvgIpc) is 2.26. The van der Waals surface area contributed by atoms with Crippen molar-refractivity contribution < 1.29 is 4.79 Å². The van der Waals surface area contributed by atoms with E-state index in [0.29, 0.717) is 11.5 Å². The van der Waals surface area contributed by atoms with E-state index < -0.39 is 0 Å². The van der Waals surface area contributed by atoms with Crippen LogP contribution in [0.2, 0.25) is 0 Å². The van der Waals surface area contributed by atoms with Crippen LogP contribution in [-0.2, 0) is 4.79 Å². The van der Waals surface area contributed by atoms with Gasteiger partial charge in [0.25, 0.3) is 0 Å². The van der Waals surface area contributed by atoms with Crippen molar-refractivity contribution >= 4 is 11.6 Å². The normalized spacial score (nSPS) is 12.4. The summed E-state index contributed by atoms with van der Waals surface area (Å²) in [6.45, 7) is 3.23. The first-order valence-electron chi connectivity index (χ1n) is 4.93. The zero-order valence-electron chi connectivity index (χ0n) is 9.40. The predicted octanol–water partition coefficient (Wildman–Crippen LogP) is 1.39. The highest BCUT2D eigenvalue weighted by molar-refractivity contribution is 5.97. The van der Waals surface area contributed by atoms with Crippen LogP contribution in [0.5, 0.6) is 0 Å². The lowest BCUT2D eigenvalue weighted by molar-refractivity contribution is -0.112. The van der Waals surface area contributed by atoms with Gasteiger partial charge in [0.1, 0.15) is 0 Å². The predicted molar refractivity (Wildman–Crippen MR) is 64.7 cm³/mol. The maximum absolute atomic E-state index is 10.8. The number of carbonyl (C=O) groups excluding carboxylic acids is 1. The number of nitrogens with zero attached hydrogens (tertiary/aromatic N) is 1. The van der Waals surface area contributed by atoms with Crippen LogP contribution >= 0.6 is 0 Å². The number of benzene rings is 1. The molecule has 0 heterocycles. The maximum atomic E-state index is 10.8. The molecular formula is C12H15N3O. The lowest BCUT2D eigenvalue weighted by Gasteiger charge is -2.02. The molecule has 0 bridgehead atoms. The van der Waals surface area contributed by atoms with E-state index in [0.717, 1.165) is 5.56 Å². The van der Waals surface area contributed by atoms with Gasteiger partial charge in [0.2, 0.25) is 0 Å². The number of amidine groups is 1. The van der Waals surface area contributed by atoms with Crippen LogP contribution in [-0.4, -0.2) is 11.6 Å². The van der Waals surface area contributed by atoms with E-state index in [1.165, 1.54) is 13.0 Å². The Hall–Kier alpha value is -2.10. The SMILES string of the molecule is CC(=O)/C=C(/C)NN=C(N)c1ccccc1. The van der Waals surface area contributed by atoms with Crippen LogP contribution < -0.4 is 11.2 Å². The number of hydrogen-bond donors (Lipinski definition) is 2. The molecule has 0 fully saturated rings. The van der Waals surface area contributed by atoms with Gasteiger partial charge in [-0.05, 0) is 13.8 Å². The third-order valence-corrected chi connectivity index (χ3v) is 1.84. The van der Waals surface area contributed by atoms with Crippen LogP contribution in [0.25, 0.3) is 0 Å². The minimum Gasteiger partial charge on any atom is -0.382 e. The molecule has 0 aliphatic rings. The number of nitrogens with one attached hydrogen (secondary N) is 1. The summed E-state index contributed by atoms with van der Waals surface area (Å²) in [6, 6.07) is 9.41. The van der Waals surface area contributed by atoms with Crippen LogP contribution in [0.4, 0.5) is 0 Å². The smallest absolute Gasteiger partial charge is 0.154 e. The largest absolute Gasteiger partial charge is 0.382 e. The van der Waals surface area contributed by atoms with E-state index >= 15 is 0 Å². The lowest BCUT2D eigenvalue weighted by atomic mass is 10.2. The molecule has 0 aromatic heterocycles. The van der Waals surface area contributed by atoms with Crippen LogP contribution in [0.1, 0.15) is 19.4 Å². The van der Waals surface area contributed by atoms with Crippen LogP contribution in [0, 0.1) is 0 Å². The van der Waals surface area contributed by atoms with E-state index in [2.05, 4.69) is 10.5 Å². The molecule has 3 N–H and O–H groups in total. The second kappa shape index (κ2) is 5.70. The Bertz CT molecular complexity index is 421. The Balaban J connectivity index is 2.69. The second-order valence-electron chi connectivity index (χ2n) is 3.41. The monoisotopic (exact) mass is 217 g/mol. The number of hydrazone groups is 1. The van der Waals surface area contributed by atoms with E-state index in [9.17, 15) is 4.79 Å². The first kappa shape index (κ1) is 12.0. The molecule has 0 spiro atoms. The Morgan fingerprint density at radius 3 is 2.50 bits per heavy atom. The number of nitrogens with two attached hydrogens (primary N) is 1. The lowest BCUT2D eigenvalue weighted by Crippen LogP contribution is -2.18. The molecule has 4 nitrogen and oxygen atoms in total. The third kappa shape index (κ3) is 3.96. The van der Waals surface area contributed by atoms with Gasteiger partial charge >= 0.3 is 0 Å². The van der Waals surface area contributed by atoms with Gasteiger partial charge in [0, 0.05) is 17.3 Å². The van der Waals surface area contributed by atoms with Gasteiger partial charge in [-0.25, -0.2) is 0 Å². The molecule has 0 unspecified atom stereocenters. The van der Waals surface area contributed by atoms with Gasteiger partial charge in [0.15, 0.2) is 11.6 Å². The molecule has 0 saturated carbocycles. The Kier molecular flexibility index (Phi) is 4.27. The summed E-state index contributed by atoms with van der Waals surface area (Å²) in [5.74, 6) is 0.357. The summed E-state index contributed by atoms with van der Waals surface area (Å²) >= 11 is 0. The highest BCUT2D eigenvalue weighted by Crippen LogP contribution is 1.97. The zero-order valence-corrected chi connectivity index (χ0v) is 9.40. The summed E-state index contributed by atoms with van der Waals surface area (Å²) in [4.78, 5) is 10.8. The van der Waals surface area contributed by atoms with E-state index in [1.54, 1.807) is 6.92 Å². The van der Waals surface area contributed by atoms with Gasteiger partial charge in [-0.2, -0.15) is 5.10 Å². The second-order valence-corrected chi connectivity index (χ2v) is 3.41. The fourth-order valence-corrected chi connectivity index (χ4v) is 1.16. The first-order valence-corrected chi connectivity index (χ1v) is 4.93. The number of carbonyl (C=O) groups is 1. The van der Waals surface area contributed by atoms with Crippen molar-refractivity contribution in [2.75, 3.05) is 0 Å². The van der Waals surface area contributed by atoms with Gasteiger partial charge < -0.3 is 5.73 Å². The van der Waals surface area contributed by atoms with Crippen LogP contribution in [0.3, 0.4) is 0 Å². The van der Waals surface area contributed by atoms with Crippen molar-refractivity contribution in [2.24, 2.45) is 10.8 Å².